The van der Waals surface area contributed by atoms with Gasteiger partial charge in [-0.15, -0.1) is 11.6 Å². The topological polar surface area (TPSA) is 261 Å². The van der Waals surface area contributed by atoms with Gasteiger partial charge in [-0.2, -0.15) is 4.98 Å². The summed E-state index contributed by atoms with van der Waals surface area (Å²) in [5.74, 6) is -2.08. The first-order valence-corrected chi connectivity index (χ1v) is 15.4. The number of aliphatic hydroxyl groups is 2. The molecular weight excluding hydrogens is 574 g/mol. The lowest BCUT2D eigenvalue weighted by molar-refractivity contribution is -0.119. The van der Waals surface area contributed by atoms with Crippen LogP contribution >= 0.6 is 26.8 Å². The van der Waals surface area contributed by atoms with E-state index in [-0.39, 0.29) is 35.5 Å². The van der Waals surface area contributed by atoms with E-state index in [1.54, 1.807) is 0 Å². The van der Waals surface area contributed by atoms with E-state index in [1.807, 2.05) is 0 Å². The Kier molecular flexibility index (Phi) is 8.64. The summed E-state index contributed by atoms with van der Waals surface area (Å²) in [6, 6.07) is -0.304. The maximum atomic E-state index is 12.5. The summed E-state index contributed by atoms with van der Waals surface area (Å²) in [4.78, 5) is 53.8. The second-order valence-electron chi connectivity index (χ2n) is 8.97. The third kappa shape index (κ3) is 6.62. The minimum Gasteiger partial charge on any atom is -0.387 e. The smallest absolute Gasteiger partial charge is 0.340 e. The lowest BCUT2D eigenvalue weighted by Crippen LogP contribution is -2.34. The van der Waals surface area contributed by atoms with E-state index in [0.29, 0.717) is 12.8 Å². The SMILES string of the molecule is Nc1nc2c(ncn2C2OC(COP(=O)(O)CP(=O)(O)OC3CCC(NC(=O)CCl)C3)C(O)C2O)c(=O)[nH]1. The Morgan fingerprint density at radius 1 is 1.29 bits per heavy atom. The van der Waals surface area contributed by atoms with E-state index in [9.17, 15) is 38.7 Å². The highest BCUT2D eigenvalue weighted by molar-refractivity contribution is 7.70. The van der Waals surface area contributed by atoms with Crippen molar-refractivity contribution in [3.8, 4) is 0 Å². The number of carbonyl (C=O) groups excluding carboxylic acids is 1. The van der Waals surface area contributed by atoms with Gasteiger partial charge in [-0.25, -0.2) is 4.98 Å². The number of aromatic nitrogens is 4. The molecule has 17 nitrogen and oxygen atoms in total. The Hall–Kier alpha value is -1.91. The average Bonchev–Trinajstić information content (AvgIpc) is 3.50. The quantitative estimate of drug-likeness (QED) is 0.127. The van der Waals surface area contributed by atoms with Crippen LogP contribution in [0.1, 0.15) is 25.5 Å². The molecule has 2 aliphatic rings. The second kappa shape index (κ2) is 11.3. The van der Waals surface area contributed by atoms with Crippen molar-refractivity contribution >= 4 is 49.8 Å². The molecule has 2 fully saturated rings. The molecule has 0 aromatic carbocycles. The molecule has 2 aromatic heterocycles. The zero-order valence-electron chi connectivity index (χ0n) is 19.6. The fourth-order valence-electron chi connectivity index (χ4n) is 4.38. The van der Waals surface area contributed by atoms with Gasteiger partial charge in [0.1, 0.15) is 24.2 Å². The van der Waals surface area contributed by atoms with Gasteiger partial charge in [-0.1, -0.05) is 0 Å². The molecule has 0 spiro atoms. The molecule has 0 bridgehead atoms. The van der Waals surface area contributed by atoms with Crippen LogP contribution in [0, 0.1) is 0 Å². The number of alkyl halides is 1. The number of hydrogen-bond donors (Lipinski definition) is 7. The summed E-state index contributed by atoms with van der Waals surface area (Å²) in [6.45, 7) is -0.735. The molecule has 8 N–H and O–H groups in total. The molecule has 212 valence electrons. The van der Waals surface area contributed by atoms with Crippen LogP contribution in [0.2, 0.25) is 0 Å². The van der Waals surface area contributed by atoms with Crippen LogP contribution < -0.4 is 16.6 Å². The van der Waals surface area contributed by atoms with Crippen molar-refractivity contribution in [1.29, 1.82) is 0 Å². The number of H-pyrrole nitrogens is 1. The van der Waals surface area contributed by atoms with Crippen LogP contribution in [0.5, 0.6) is 0 Å². The predicted octanol–water partition coefficient (Wildman–Crippen LogP) is -1.04. The highest BCUT2D eigenvalue weighted by atomic mass is 35.5. The molecule has 38 heavy (non-hydrogen) atoms. The Bertz CT molecular complexity index is 1340. The lowest BCUT2D eigenvalue weighted by Gasteiger charge is -2.21. The Balaban J connectivity index is 1.34. The summed E-state index contributed by atoms with van der Waals surface area (Å²) in [7, 11) is -9.34. The van der Waals surface area contributed by atoms with Gasteiger partial charge in [-0.3, -0.25) is 28.3 Å². The summed E-state index contributed by atoms with van der Waals surface area (Å²) in [5, 5.41) is 23.5. The number of nitrogen functional groups attached to an aromatic ring is 1. The summed E-state index contributed by atoms with van der Waals surface area (Å²) in [5.41, 5.74) is 4.79. The van der Waals surface area contributed by atoms with Gasteiger partial charge >= 0.3 is 15.2 Å². The molecule has 20 heteroatoms. The van der Waals surface area contributed by atoms with Crippen molar-refractivity contribution < 1.29 is 47.7 Å². The van der Waals surface area contributed by atoms with Gasteiger partial charge < -0.3 is 44.8 Å². The van der Waals surface area contributed by atoms with Gasteiger partial charge in [0.25, 0.3) is 5.56 Å². The third-order valence-electron chi connectivity index (χ3n) is 6.04. The fraction of sp³-hybridized carbons (Fsp3) is 0.667. The summed E-state index contributed by atoms with van der Waals surface area (Å²) in [6.07, 6.45) is -4.39. The first-order chi connectivity index (χ1) is 17.8. The molecule has 8 atom stereocenters. The Morgan fingerprint density at radius 2 is 2.03 bits per heavy atom. The zero-order valence-corrected chi connectivity index (χ0v) is 22.2. The number of anilines is 1. The molecule has 4 rings (SSSR count). The predicted molar refractivity (Wildman–Crippen MR) is 130 cm³/mol. The van der Waals surface area contributed by atoms with Crippen LogP contribution in [0.3, 0.4) is 0 Å². The molecule has 1 amide bonds. The van der Waals surface area contributed by atoms with Gasteiger partial charge in [-0.05, 0) is 19.3 Å². The summed E-state index contributed by atoms with van der Waals surface area (Å²) < 4.78 is 41.8. The third-order valence-corrected chi connectivity index (χ3v) is 10.3. The molecule has 1 saturated heterocycles. The number of imidazole rings is 1. The van der Waals surface area contributed by atoms with E-state index in [2.05, 4.69) is 20.3 Å². The second-order valence-corrected chi connectivity index (χ2v) is 13.4. The van der Waals surface area contributed by atoms with Gasteiger partial charge in [0.2, 0.25) is 11.9 Å². The number of amides is 1. The lowest BCUT2D eigenvalue weighted by atomic mass is 10.1. The number of carbonyl (C=O) groups is 1. The highest BCUT2D eigenvalue weighted by Crippen LogP contribution is 2.59. The average molecular weight is 601 g/mol. The number of rotatable bonds is 10. The fourth-order valence-corrected chi connectivity index (χ4v) is 7.90. The standard InChI is InChI=1S/C18H27ClN6O11P2/c19-4-11(26)22-8-1-2-9(3-8)36-38(32,33)7-37(30,31)34-5-10-13(27)14(28)17(35-10)25-6-21-12-15(25)23-18(20)24-16(12)29/h6,8-10,13-14,17,27-28H,1-5,7H2,(H,22,26)(H,30,31)(H,32,33)(H3,20,23,24,29). The highest BCUT2D eigenvalue weighted by Gasteiger charge is 2.46. The molecule has 1 aliphatic carbocycles. The van der Waals surface area contributed by atoms with E-state index in [4.69, 9.17) is 31.1 Å². The maximum Gasteiger partial charge on any atom is 0.340 e. The molecule has 8 unspecified atom stereocenters. The maximum absolute atomic E-state index is 12.5. The normalized spacial score (nSPS) is 30.8. The van der Waals surface area contributed by atoms with Crippen molar-refractivity contribution in [3.63, 3.8) is 0 Å². The van der Waals surface area contributed by atoms with Crippen molar-refractivity contribution in [3.05, 3.63) is 16.7 Å². The van der Waals surface area contributed by atoms with Crippen molar-refractivity contribution in [2.45, 2.75) is 55.9 Å². The number of aliphatic hydroxyl groups excluding tert-OH is 2. The number of nitrogens with two attached hydrogens (primary N) is 1. The van der Waals surface area contributed by atoms with E-state index in [0.717, 1.165) is 10.9 Å². The van der Waals surface area contributed by atoms with E-state index in [1.165, 1.54) is 0 Å². The van der Waals surface area contributed by atoms with Crippen molar-refractivity contribution in [1.82, 2.24) is 24.8 Å². The largest absolute Gasteiger partial charge is 0.387 e. The first kappa shape index (κ1) is 29.1. The van der Waals surface area contributed by atoms with Gasteiger partial charge in [0, 0.05) is 6.04 Å². The number of ether oxygens (including phenoxy) is 1. The van der Waals surface area contributed by atoms with E-state index < -0.39 is 69.8 Å². The van der Waals surface area contributed by atoms with Crippen molar-refractivity contribution in [2.24, 2.45) is 0 Å². The minimum absolute atomic E-state index is 0.0355. The van der Waals surface area contributed by atoms with Crippen LogP contribution in [0.25, 0.3) is 11.2 Å². The van der Waals surface area contributed by atoms with Crippen LogP contribution in [0.4, 0.5) is 5.95 Å². The number of nitrogens with one attached hydrogen (secondary N) is 2. The van der Waals surface area contributed by atoms with E-state index >= 15 is 0 Å². The van der Waals surface area contributed by atoms with Crippen LogP contribution in [-0.4, -0.2) is 94.3 Å². The molecule has 0 radical (unpaired) electrons. The molecule has 1 aliphatic heterocycles. The summed E-state index contributed by atoms with van der Waals surface area (Å²) >= 11 is 5.45. The van der Waals surface area contributed by atoms with Gasteiger partial charge in [0.15, 0.2) is 23.3 Å². The first-order valence-electron chi connectivity index (χ1n) is 11.3. The number of fused-ring (bicyclic) bond motifs is 1. The number of hydrogen-bond acceptors (Lipinski definition) is 12. The minimum atomic E-state index is -4.74. The number of halogens is 1. The van der Waals surface area contributed by atoms with Crippen molar-refractivity contribution in [2.75, 3.05) is 24.1 Å². The molecule has 1 saturated carbocycles. The Labute approximate surface area is 219 Å². The molecule has 3 heterocycles. The molecular formula is C18H27ClN6O11P2. The van der Waals surface area contributed by atoms with Crippen LogP contribution in [0.15, 0.2) is 11.1 Å². The molecule has 2 aromatic rings. The Morgan fingerprint density at radius 3 is 2.74 bits per heavy atom. The number of aromatic amines is 1. The van der Waals surface area contributed by atoms with Crippen LogP contribution in [-0.2, 0) is 27.7 Å². The zero-order chi connectivity index (χ0) is 27.8. The monoisotopic (exact) mass is 600 g/mol. The number of nitrogens with zero attached hydrogens (tertiary/aromatic N) is 3. The van der Waals surface area contributed by atoms with Gasteiger partial charge in [0.05, 0.1) is 19.0 Å².